The normalized spacial score (nSPS) is 23.5. The lowest BCUT2D eigenvalue weighted by atomic mass is 10.0. The van der Waals surface area contributed by atoms with Gasteiger partial charge in [0.15, 0.2) is 0 Å². The molecule has 1 amide bonds. The Morgan fingerprint density at radius 1 is 1.50 bits per heavy atom. The first kappa shape index (κ1) is 8.03. The Hall–Kier alpha value is -1.32. The van der Waals surface area contributed by atoms with Gasteiger partial charge in [0.25, 0.3) is 0 Å². The van der Waals surface area contributed by atoms with Crippen LogP contribution >= 0.6 is 0 Å². The second-order valence-corrected chi connectivity index (χ2v) is 4.40. The van der Waals surface area contributed by atoms with Gasteiger partial charge in [0.05, 0.1) is 0 Å². The molecule has 2 heterocycles. The van der Waals surface area contributed by atoms with Gasteiger partial charge in [-0.25, -0.2) is 0 Å². The van der Waals surface area contributed by atoms with E-state index in [9.17, 15) is 4.79 Å². The van der Waals surface area contributed by atoms with Crippen LogP contribution in [0.4, 0.5) is 0 Å². The van der Waals surface area contributed by atoms with Crippen LogP contribution in [0.25, 0.3) is 0 Å². The van der Waals surface area contributed by atoms with Crippen LogP contribution in [0.5, 0.6) is 0 Å². The second-order valence-electron chi connectivity index (χ2n) is 4.40. The maximum atomic E-state index is 11.7. The van der Waals surface area contributed by atoms with E-state index in [2.05, 4.69) is 11.2 Å². The standard InChI is InChI=1S/C10H13N3O/c1-12-7-10(3-4-10)8-2-5-11-13(8)6-9(12)14/h2,5H,3-4,6-7H2,1H3. The largest absolute Gasteiger partial charge is 0.343 e. The van der Waals surface area contributed by atoms with E-state index in [-0.39, 0.29) is 11.3 Å². The number of hydrogen-bond donors (Lipinski definition) is 0. The van der Waals surface area contributed by atoms with Gasteiger partial charge in [-0.3, -0.25) is 9.48 Å². The molecule has 4 nitrogen and oxygen atoms in total. The third-order valence-electron chi connectivity index (χ3n) is 3.36. The SMILES string of the molecule is CN1CC2(CC2)c2ccnn2CC1=O. The van der Waals surface area contributed by atoms with Crippen molar-refractivity contribution in [3.8, 4) is 0 Å². The van der Waals surface area contributed by atoms with Crippen LogP contribution < -0.4 is 0 Å². The molecule has 4 heteroatoms. The fourth-order valence-corrected chi connectivity index (χ4v) is 2.35. The number of hydrogen-bond acceptors (Lipinski definition) is 2. The molecule has 1 fully saturated rings. The third-order valence-corrected chi connectivity index (χ3v) is 3.36. The van der Waals surface area contributed by atoms with E-state index in [1.165, 1.54) is 18.5 Å². The molecule has 0 atom stereocenters. The minimum atomic E-state index is 0.165. The molecule has 0 aromatic carbocycles. The Bertz CT molecular complexity index is 392. The first-order chi connectivity index (χ1) is 6.71. The van der Waals surface area contributed by atoms with Gasteiger partial charge in [-0.05, 0) is 18.9 Å². The minimum Gasteiger partial charge on any atom is -0.343 e. The summed E-state index contributed by atoms with van der Waals surface area (Å²) in [5.74, 6) is 0.165. The molecular formula is C10H13N3O. The van der Waals surface area contributed by atoms with Gasteiger partial charge >= 0.3 is 0 Å². The average Bonchev–Trinajstić information content (AvgIpc) is 2.78. The number of likely N-dealkylation sites (N-methyl/N-ethyl adjacent to an activating group) is 1. The molecule has 0 N–H and O–H groups in total. The highest BCUT2D eigenvalue weighted by Gasteiger charge is 2.49. The summed E-state index contributed by atoms with van der Waals surface area (Å²) in [7, 11) is 1.88. The molecule has 2 aliphatic rings. The monoisotopic (exact) mass is 191 g/mol. The van der Waals surface area contributed by atoms with E-state index in [0.717, 1.165) is 6.54 Å². The molecule has 14 heavy (non-hydrogen) atoms. The van der Waals surface area contributed by atoms with Crippen molar-refractivity contribution in [3.63, 3.8) is 0 Å². The van der Waals surface area contributed by atoms with E-state index in [1.807, 2.05) is 16.6 Å². The lowest BCUT2D eigenvalue weighted by Gasteiger charge is -2.18. The highest BCUT2D eigenvalue weighted by atomic mass is 16.2. The number of amides is 1. The molecule has 74 valence electrons. The number of carbonyl (C=O) groups is 1. The maximum absolute atomic E-state index is 11.7. The van der Waals surface area contributed by atoms with Crippen molar-refractivity contribution in [2.75, 3.05) is 13.6 Å². The molecule has 1 aromatic rings. The summed E-state index contributed by atoms with van der Waals surface area (Å²) in [5, 5.41) is 4.21. The Balaban J connectivity index is 2.09. The van der Waals surface area contributed by atoms with Crippen molar-refractivity contribution >= 4 is 5.91 Å². The van der Waals surface area contributed by atoms with Crippen molar-refractivity contribution in [3.05, 3.63) is 18.0 Å². The molecule has 0 saturated heterocycles. The fourth-order valence-electron chi connectivity index (χ4n) is 2.35. The van der Waals surface area contributed by atoms with Crippen LogP contribution in [-0.2, 0) is 16.8 Å². The lowest BCUT2D eigenvalue weighted by Crippen LogP contribution is -2.32. The zero-order valence-electron chi connectivity index (χ0n) is 8.23. The van der Waals surface area contributed by atoms with Gasteiger partial charge in [0.1, 0.15) is 6.54 Å². The number of aromatic nitrogens is 2. The summed E-state index contributed by atoms with van der Waals surface area (Å²) in [4.78, 5) is 13.5. The van der Waals surface area contributed by atoms with Gasteiger partial charge in [-0.15, -0.1) is 0 Å². The van der Waals surface area contributed by atoms with E-state index in [4.69, 9.17) is 0 Å². The summed E-state index contributed by atoms with van der Waals surface area (Å²) >= 11 is 0. The number of nitrogens with zero attached hydrogens (tertiary/aromatic N) is 3. The predicted molar refractivity (Wildman–Crippen MR) is 50.8 cm³/mol. The summed E-state index contributed by atoms with van der Waals surface area (Å²) < 4.78 is 1.86. The molecule has 0 radical (unpaired) electrons. The first-order valence-electron chi connectivity index (χ1n) is 4.98. The quantitative estimate of drug-likeness (QED) is 0.595. The minimum absolute atomic E-state index is 0.165. The summed E-state index contributed by atoms with van der Waals surface area (Å²) in [6.45, 7) is 1.26. The Kier molecular flexibility index (Phi) is 1.36. The average molecular weight is 191 g/mol. The highest BCUT2D eigenvalue weighted by Crippen LogP contribution is 2.49. The van der Waals surface area contributed by atoms with Crippen molar-refractivity contribution < 1.29 is 4.79 Å². The number of carbonyl (C=O) groups excluding carboxylic acids is 1. The topological polar surface area (TPSA) is 38.1 Å². The summed E-state index contributed by atoms with van der Waals surface area (Å²) in [5.41, 5.74) is 1.48. The Labute approximate surface area is 82.5 Å². The summed E-state index contributed by atoms with van der Waals surface area (Å²) in [6.07, 6.45) is 4.18. The third kappa shape index (κ3) is 0.937. The molecular weight excluding hydrogens is 178 g/mol. The molecule has 1 aliphatic carbocycles. The van der Waals surface area contributed by atoms with Crippen LogP contribution in [-0.4, -0.2) is 34.2 Å². The van der Waals surface area contributed by atoms with Gasteiger partial charge in [0.2, 0.25) is 5.91 Å². The summed E-state index contributed by atoms with van der Waals surface area (Å²) in [6, 6.07) is 2.06. The van der Waals surface area contributed by atoms with Gasteiger partial charge < -0.3 is 4.90 Å². The van der Waals surface area contributed by atoms with Crippen LogP contribution in [0.2, 0.25) is 0 Å². The molecule has 1 spiro atoms. The highest BCUT2D eigenvalue weighted by molar-refractivity contribution is 5.76. The van der Waals surface area contributed by atoms with Crippen molar-refractivity contribution in [1.29, 1.82) is 0 Å². The predicted octanol–water partition coefficient (Wildman–Crippen LogP) is 0.387. The second kappa shape index (κ2) is 2.38. The van der Waals surface area contributed by atoms with Crippen molar-refractivity contribution in [2.45, 2.75) is 24.8 Å². The van der Waals surface area contributed by atoms with Crippen LogP contribution in [0.1, 0.15) is 18.5 Å². The zero-order valence-corrected chi connectivity index (χ0v) is 8.23. The van der Waals surface area contributed by atoms with Gasteiger partial charge in [-0.1, -0.05) is 0 Å². The Morgan fingerprint density at radius 2 is 2.29 bits per heavy atom. The van der Waals surface area contributed by atoms with E-state index < -0.39 is 0 Å². The van der Waals surface area contributed by atoms with Crippen LogP contribution in [0.15, 0.2) is 12.3 Å². The Morgan fingerprint density at radius 3 is 3.00 bits per heavy atom. The molecule has 1 aliphatic heterocycles. The molecule has 1 aromatic heterocycles. The molecule has 1 saturated carbocycles. The smallest absolute Gasteiger partial charge is 0.244 e. The van der Waals surface area contributed by atoms with Crippen molar-refractivity contribution in [1.82, 2.24) is 14.7 Å². The zero-order chi connectivity index (χ0) is 9.76. The van der Waals surface area contributed by atoms with Gasteiger partial charge in [0, 0.05) is 30.9 Å². The molecule has 3 rings (SSSR count). The van der Waals surface area contributed by atoms with Crippen LogP contribution in [0.3, 0.4) is 0 Å². The van der Waals surface area contributed by atoms with Crippen molar-refractivity contribution in [2.24, 2.45) is 0 Å². The number of fused-ring (bicyclic) bond motifs is 2. The van der Waals surface area contributed by atoms with E-state index in [1.54, 1.807) is 6.20 Å². The van der Waals surface area contributed by atoms with Gasteiger partial charge in [-0.2, -0.15) is 5.10 Å². The van der Waals surface area contributed by atoms with Crippen LogP contribution in [0, 0.1) is 0 Å². The molecule has 0 unspecified atom stereocenters. The fraction of sp³-hybridized carbons (Fsp3) is 0.600. The lowest BCUT2D eigenvalue weighted by molar-refractivity contribution is -0.130. The van der Waals surface area contributed by atoms with E-state index >= 15 is 0 Å². The first-order valence-corrected chi connectivity index (χ1v) is 4.98. The maximum Gasteiger partial charge on any atom is 0.244 e. The van der Waals surface area contributed by atoms with E-state index in [0.29, 0.717) is 6.54 Å². The number of rotatable bonds is 0. The molecule has 0 bridgehead atoms.